The maximum absolute atomic E-state index is 10.9. The molecule has 2 unspecified atom stereocenters. The molecule has 2 amide bonds. The minimum Gasteiger partial charge on any atom is -0.493 e. The molecule has 0 aromatic heterocycles. The fourth-order valence-electron chi connectivity index (χ4n) is 2.94. The highest BCUT2D eigenvalue weighted by Gasteiger charge is 2.12. The van der Waals surface area contributed by atoms with E-state index in [2.05, 4.69) is 30.5 Å². The number of urea groups is 1. The third-order valence-electron chi connectivity index (χ3n) is 4.20. The Hall–Kier alpha value is -2.73. The first-order valence-electron chi connectivity index (χ1n) is 8.56. The van der Waals surface area contributed by atoms with Gasteiger partial charge in [-0.25, -0.2) is 4.79 Å². The van der Waals surface area contributed by atoms with Crippen molar-refractivity contribution >= 4 is 11.7 Å². The van der Waals surface area contributed by atoms with E-state index in [1.807, 2.05) is 36.4 Å². The van der Waals surface area contributed by atoms with Gasteiger partial charge in [0.15, 0.2) is 11.5 Å². The van der Waals surface area contributed by atoms with Crippen LogP contribution in [0.15, 0.2) is 42.5 Å². The van der Waals surface area contributed by atoms with Crippen LogP contribution in [-0.2, 0) is 6.42 Å². The third kappa shape index (κ3) is 5.39. The summed E-state index contributed by atoms with van der Waals surface area (Å²) in [6, 6.07) is 13.5. The first-order chi connectivity index (χ1) is 12.4. The van der Waals surface area contributed by atoms with E-state index in [0.717, 1.165) is 23.5 Å². The van der Waals surface area contributed by atoms with Crippen molar-refractivity contribution in [1.82, 2.24) is 5.32 Å². The number of anilines is 1. The van der Waals surface area contributed by atoms with Crippen LogP contribution in [0.2, 0.25) is 0 Å². The predicted molar refractivity (Wildman–Crippen MR) is 104 cm³/mol. The fraction of sp³-hybridized carbons (Fsp3) is 0.350. The number of carbonyl (C=O) groups excluding carboxylic acids is 1. The zero-order valence-electron chi connectivity index (χ0n) is 15.7. The van der Waals surface area contributed by atoms with E-state index in [4.69, 9.17) is 15.2 Å². The van der Waals surface area contributed by atoms with E-state index >= 15 is 0 Å². The molecule has 0 aliphatic carbocycles. The molecule has 4 N–H and O–H groups in total. The number of benzene rings is 2. The lowest BCUT2D eigenvalue weighted by Gasteiger charge is -2.21. The highest BCUT2D eigenvalue weighted by Crippen LogP contribution is 2.28. The summed E-state index contributed by atoms with van der Waals surface area (Å²) in [7, 11) is 3.27. The van der Waals surface area contributed by atoms with Crippen molar-refractivity contribution in [1.29, 1.82) is 0 Å². The Bertz CT molecular complexity index is 732. The number of rotatable bonds is 8. The SMILES string of the molecule is COc1ccc(CC(C)NC(C)c2ccc(NC(N)=O)cc2)cc1OC. The van der Waals surface area contributed by atoms with E-state index in [1.54, 1.807) is 14.2 Å². The van der Waals surface area contributed by atoms with Gasteiger partial charge in [0, 0.05) is 17.8 Å². The second-order valence-electron chi connectivity index (χ2n) is 6.29. The Kier molecular flexibility index (Phi) is 6.86. The first kappa shape index (κ1) is 19.6. The number of hydrogen-bond donors (Lipinski definition) is 3. The van der Waals surface area contributed by atoms with Crippen LogP contribution in [0.3, 0.4) is 0 Å². The Balaban J connectivity index is 1.96. The van der Waals surface area contributed by atoms with Crippen LogP contribution < -0.4 is 25.8 Å². The highest BCUT2D eigenvalue weighted by molar-refractivity contribution is 5.87. The van der Waals surface area contributed by atoms with Crippen molar-refractivity contribution in [2.24, 2.45) is 5.73 Å². The molecule has 26 heavy (non-hydrogen) atoms. The molecule has 6 heteroatoms. The van der Waals surface area contributed by atoms with Gasteiger partial charge in [-0.1, -0.05) is 18.2 Å². The summed E-state index contributed by atoms with van der Waals surface area (Å²) in [5, 5.41) is 6.15. The first-order valence-corrected chi connectivity index (χ1v) is 8.56. The molecule has 6 nitrogen and oxygen atoms in total. The van der Waals surface area contributed by atoms with Crippen LogP contribution in [0, 0.1) is 0 Å². The van der Waals surface area contributed by atoms with Crippen LogP contribution >= 0.6 is 0 Å². The molecule has 0 heterocycles. The molecular formula is C20H27N3O3. The summed E-state index contributed by atoms with van der Waals surface area (Å²) in [5.74, 6) is 1.47. The molecule has 0 saturated heterocycles. The van der Waals surface area contributed by atoms with Crippen LogP contribution in [-0.4, -0.2) is 26.3 Å². The van der Waals surface area contributed by atoms with Gasteiger partial charge < -0.3 is 25.8 Å². The number of carbonyl (C=O) groups is 1. The van der Waals surface area contributed by atoms with Gasteiger partial charge in [-0.2, -0.15) is 0 Å². The second kappa shape index (κ2) is 9.10. The normalized spacial score (nSPS) is 12.9. The van der Waals surface area contributed by atoms with E-state index in [0.29, 0.717) is 5.69 Å². The number of nitrogens with two attached hydrogens (primary N) is 1. The highest BCUT2D eigenvalue weighted by atomic mass is 16.5. The van der Waals surface area contributed by atoms with E-state index in [9.17, 15) is 4.79 Å². The summed E-state index contributed by atoms with van der Waals surface area (Å²) >= 11 is 0. The summed E-state index contributed by atoms with van der Waals surface area (Å²) in [4.78, 5) is 10.9. The number of hydrogen-bond acceptors (Lipinski definition) is 4. The molecule has 0 fully saturated rings. The number of nitrogens with one attached hydrogen (secondary N) is 2. The zero-order valence-corrected chi connectivity index (χ0v) is 15.7. The Morgan fingerprint density at radius 1 is 1.04 bits per heavy atom. The number of ether oxygens (including phenoxy) is 2. The van der Waals surface area contributed by atoms with Crippen molar-refractivity contribution < 1.29 is 14.3 Å². The van der Waals surface area contributed by atoms with Gasteiger partial charge in [-0.3, -0.25) is 0 Å². The standard InChI is InChI=1S/C20H27N3O3/c1-13(11-15-5-10-18(25-3)19(12-15)26-4)22-14(2)16-6-8-17(9-7-16)23-20(21)24/h5-10,12-14,22H,11H2,1-4H3,(H3,21,23,24). The van der Waals surface area contributed by atoms with Gasteiger partial charge in [-0.05, 0) is 55.7 Å². The summed E-state index contributed by atoms with van der Waals surface area (Å²) in [5.41, 5.74) is 8.12. The summed E-state index contributed by atoms with van der Waals surface area (Å²) in [6.07, 6.45) is 0.867. The molecule has 0 saturated carbocycles. The van der Waals surface area contributed by atoms with Crippen LogP contribution in [0.4, 0.5) is 10.5 Å². The van der Waals surface area contributed by atoms with Gasteiger partial charge in [0.25, 0.3) is 0 Å². The molecule has 0 radical (unpaired) electrons. The van der Waals surface area contributed by atoms with Gasteiger partial charge >= 0.3 is 6.03 Å². The topological polar surface area (TPSA) is 85.6 Å². The molecule has 2 rings (SSSR count). The van der Waals surface area contributed by atoms with Crippen molar-refractivity contribution in [2.45, 2.75) is 32.4 Å². The maximum atomic E-state index is 10.9. The Labute approximate surface area is 154 Å². The summed E-state index contributed by atoms with van der Waals surface area (Å²) in [6.45, 7) is 4.26. The quantitative estimate of drug-likeness (QED) is 0.675. The predicted octanol–water partition coefficient (Wildman–Crippen LogP) is 3.48. The Morgan fingerprint density at radius 3 is 2.27 bits per heavy atom. The third-order valence-corrected chi connectivity index (χ3v) is 4.20. The number of amides is 2. The van der Waals surface area contributed by atoms with Gasteiger partial charge in [0.05, 0.1) is 14.2 Å². The monoisotopic (exact) mass is 357 g/mol. The van der Waals surface area contributed by atoms with Crippen molar-refractivity contribution in [3.63, 3.8) is 0 Å². The number of primary amides is 1. The van der Waals surface area contributed by atoms with E-state index in [1.165, 1.54) is 5.56 Å². The lowest BCUT2D eigenvalue weighted by Crippen LogP contribution is -2.30. The van der Waals surface area contributed by atoms with Gasteiger partial charge in [0.1, 0.15) is 0 Å². The summed E-state index contributed by atoms with van der Waals surface area (Å²) < 4.78 is 10.6. The van der Waals surface area contributed by atoms with E-state index < -0.39 is 6.03 Å². The molecule has 2 aromatic rings. The van der Waals surface area contributed by atoms with Crippen molar-refractivity contribution in [2.75, 3.05) is 19.5 Å². The lowest BCUT2D eigenvalue weighted by molar-refractivity contribution is 0.259. The molecule has 0 spiro atoms. The average molecular weight is 357 g/mol. The Morgan fingerprint density at radius 2 is 1.69 bits per heavy atom. The molecular weight excluding hydrogens is 330 g/mol. The van der Waals surface area contributed by atoms with Crippen molar-refractivity contribution in [3.05, 3.63) is 53.6 Å². The van der Waals surface area contributed by atoms with Gasteiger partial charge in [0.2, 0.25) is 0 Å². The van der Waals surface area contributed by atoms with Gasteiger partial charge in [-0.15, -0.1) is 0 Å². The fourth-order valence-corrected chi connectivity index (χ4v) is 2.94. The van der Waals surface area contributed by atoms with Crippen LogP contribution in [0.25, 0.3) is 0 Å². The van der Waals surface area contributed by atoms with Crippen molar-refractivity contribution in [3.8, 4) is 11.5 Å². The number of methoxy groups -OCH3 is 2. The van der Waals surface area contributed by atoms with E-state index in [-0.39, 0.29) is 12.1 Å². The minimum atomic E-state index is -0.563. The molecule has 140 valence electrons. The largest absolute Gasteiger partial charge is 0.493 e. The molecule has 0 bridgehead atoms. The zero-order chi connectivity index (χ0) is 19.1. The maximum Gasteiger partial charge on any atom is 0.316 e. The smallest absolute Gasteiger partial charge is 0.316 e. The second-order valence-corrected chi connectivity index (χ2v) is 6.29. The average Bonchev–Trinajstić information content (AvgIpc) is 2.61. The van der Waals surface area contributed by atoms with Crippen LogP contribution in [0.1, 0.15) is 31.0 Å². The van der Waals surface area contributed by atoms with Crippen LogP contribution in [0.5, 0.6) is 11.5 Å². The molecule has 2 aromatic carbocycles. The molecule has 0 aliphatic rings. The minimum absolute atomic E-state index is 0.174. The molecule has 0 aliphatic heterocycles. The lowest BCUT2D eigenvalue weighted by atomic mass is 10.0. The molecule has 2 atom stereocenters.